The monoisotopic (exact) mass is 354 g/mol. The van der Waals surface area contributed by atoms with Gasteiger partial charge in [-0.1, -0.05) is 12.1 Å². The zero-order valence-electron chi connectivity index (χ0n) is 14.1. The molecule has 4 nitrogen and oxygen atoms in total. The highest BCUT2D eigenvalue weighted by atomic mass is 32.2. The summed E-state index contributed by atoms with van der Waals surface area (Å²) in [6.45, 7) is 5.86. The fourth-order valence-electron chi connectivity index (χ4n) is 3.39. The molecule has 2 aliphatic rings. The van der Waals surface area contributed by atoms with Gasteiger partial charge in [-0.25, -0.2) is 4.39 Å². The molecule has 2 aliphatic heterocycles. The number of benzene rings is 1. The maximum Gasteiger partial charge on any atom is 0.290 e. The molecule has 2 fully saturated rings. The third-order valence-electron chi connectivity index (χ3n) is 4.75. The quantitative estimate of drug-likeness (QED) is 0.842. The predicted molar refractivity (Wildman–Crippen MR) is 97.2 cm³/mol. The number of likely N-dealkylation sites (tertiary alicyclic amines) is 1. The summed E-state index contributed by atoms with van der Waals surface area (Å²) in [7, 11) is 0. The maximum atomic E-state index is 12.9. The van der Waals surface area contributed by atoms with Gasteiger partial charge < -0.3 is 10.0 Å². The molecule has 0 atom stereocenters. The number of carbonyl (C=O) groups is 1. The van der Waals surface area contributed by atoms with Gasteiger partial charge in [-0.3, -0.25) is 9.69 Å². The summed E-state index contributed by atoms with van der Waals surface area (Å²) in [5, 5.41) is 6.89. The first kappa shape index (κ1) is 19.2. The molecule has 0 saturated carbocycles. The first-order chi connectivity index (χ1) is 11.7. The molecule has 1 N–H and O–H groups in total. The molecule has 0 aliphatic carbocycles. The van der Waals surface area contributed by atoms with Crippen molar-refractivity contribution in [2.24, 2.45) is 0 Å². The molecule has 134 valence electrons. The fourth-order valence-corrected chi connectivity index (χ4v) is 4.32. The van der Waals surface area contributed by atoms with E-state index in [-0.39, 0.29) is 12.3 Å². The first-order valence-corrected chi connectivity index (χ1v) is 9.75. The molecule has 6 heteroatoms. The van der Waals surface area contributed by atoms with Crippen molar-refractivity contribution in [1.29, 1.82) is 0 Å². The molecule has 0 amide bonds. The number of hydrogen-bond donors (Lipinski definition) is 1. The zero-order chi connectivity index (χ0) is 17.2. The second kappa shape index (κ2) is 10.7. The number of rotatable bonds is 4. The van der Waals surface area contributed by atoms with Crippen LogP contribution in [0.25, 0.3) is 0 Å². The summed E-state index contributed by atoms with van der Waals surface area (Å²) < 4.78 is 12.9. The van der Waals surface area contributed by atoms with Crippen molar-refractivity contribution in [3.8, 4) is 0 Å². The number of piperidine rings is 1. The van der Waals surface area contributed by atoms with E-state index in [0.717, 1.165) is 19.0 Å². The van der Waals surface area contributed by atoms with Gasteiger partial charge in [0.15, 0.2) is 0 Å². The lowest BCUT2D eigenvalue weighted by molar-refractivity contribution is -0.122. The largest absolute Gasteiger partial charge is 0.483 e. The van der Waals surface area contributed by atoms with Gasteiger partial charge in [0.2, 0.25) is 0 Å². The van der Waals surface area contributed by atoms with E-state index in [0.29, 0.717) is 0 Å². The molecule has 0 unspecified atom stereocenters. The molecular formula is C18H27FN2O2S. The minimum absolute atomic E-state index is 0.140. The van der Waals surface area contributed by atoms with Crippen LogP contribution in [0.3, 0.4) is 0 Å². The number of carboxylic acid groups (broad SMARTS) is 1. The SMILES string of the molecule is Fc1ccc(CCN2CCC(N3CCSCC3)CC2)cc1.O=CO. The Morgan fingerprint density at radius 1 is 1.12 bits per heavy atom. The highest BCUT2D eigenvalue weighted by molar-refractivity contribution is 7.99. The van der Waals surface area contributed by atoms with Crippen LogP contribution in [-0.2, 0) is 11.2 Å². The van der Waals surface area contributed by atoms with Crippen molar-refractivity contribution >= 4 is 18.2 Å². The Balaban J connectivity index is 0.000000647. The topological polar surface area (TPSA) is 43.8 Å². The number of thioether (sulfide) groups is 1. The lowest BCUT2D eigenvalue weighted by atomic mass is 10.0. The standard InChI is InChI=1S/C17H25FN2S.CH2O2/c18-16-3-1-15(2-4-16)5-8-19-9-6-17(7-10-19)20-11-13-21-14-12-20;2-1-3/h1-4,17H,5-14H2;1H,(H,2,3). The fraction of sp³-hybridized carbons (Fsp3) is 0.611. The molecule has 24 heavy (non-hydrogen) atoms. The van der Waals surface area contributed by atoms with Crippen LogP contribution in [0, 0.1) is 5.82 Å². The average molecular weight is 354 g/mol. The minimum atomic E-state index is -0.250. The first-order valence-electron chi connectivity index (χ1n) is 8.59. The number of halogens is 1. The van der Waals surface area contributed by atoms with Gasteiger partial charge in [0.1, 0.15) is 5.82 Å². The van der Waals surface area contributed by atoms with Crippen LogP contribution in [-0.4, -0.2) is 71.6 Å². The Hall–Kier alpha value is -1.11. The smallest absolute Gasteiger partial charge is 0.290 e. The molecular weight excluding hydrogens is 327 g/mol. The summed E-state index contributed by atoms with van der Waals surface area (Å²) in [5.41, 5.74) is 1.24. The van der Waals surface area contributed by atoms with E-state index in [4.69, 9.17) is 9.90 Å². The summed E-state index contributed by atoms with van der Waals surface area (Å²) in [5.74, 6) is 2.48. The van der Waals surface area contributed by atoms with E-state index >= 15 is 0 Å². The zero-order valence-corrected chi connectivity index (χ0v) is 14.9. The van der Waals surface area contributed by atoms with Crippen LogP contribution >= 0.6 is 11.8 Å². The Kier molecular flexibility index (Phi) is 8.56. The highest BCUT2D eigenvalue weighted by Crippen LogP contribution is 2.20. The lowest BCUT2D eigenvalue weighted by Gasteiger charge is -2.40. The van der Waals surface area contributed by atoms with Crippen LogP contribution in [0.15, 0.2) is 24.3 Å². The van der Waals surface area contributed by atoms with Crippen LogP contribution in [0.5, 0.6) is 0 Å². The van der Waals surface area contributed by atoms with Gasteiger partial charge >= 0.3 is 0 Å². The molecule has 1 aromatic rings. The predicted octanol–water partition coefficient (Wildman–Crippen LogP) is 2.58. The van der Waals surface area contributed by atoms with E-state index < -0.39 is 0 Å². The highest BCUT2D eigenvalue weighted by Gasteiger charge is 2.25. The van der Waals surface area contributed by atoms with E-state index in [1.54, 1.807) is 12.1 Å². The molecule has 3 rings (SSSR count). The van der Waals surface area contributed by atoms with Gasteiger partial charge in [0.05, 0.1) is 0 Å². The summed E-state index contributed by atoms with van der Waals surface area (Å²) in [4.78, 5) is 13.6. The van der Waals surface area contributed by atoms with Crippen molar-refractivity contribution in [3.05, 3.63) is 35.6 Å². The van der Waals surface area contributed by atoms with Crippen LogP contribution < -0.4 is 0 Å². The average Bonchev–Trinajstić information content (AvgIpc) is 2.63. The summed E-state index contributed by atoms with van der Waals surface area (Å²) in [6.07, 6.45) is 3.66. The van der Waals surface area contributed by atoms with Crippen molar-refractivity contribution in [2.75, 3.05) is 44.2 Å². The molecule has 0 spiro atoms. The van der Waals surface area contributed by atoms with Crippen molar-refractivity contribution < 1.29 is 14.3 Å². The van der Waals surface area contributed by atoms with Gasteiger partial charge in [-0.2, -0.15) is 11.8 Å². The van der Waals surface area contributed by atoms with Crippen LogP contribution in [0.4, 0.5) is 4.39 Å². The minimum Gasteiger partial charge on any atom is -0.483 e. The Bertz CT molecular complexity index is 472. The van der Waals surface area contributed by atoms with E-state index in [2.05, 4.69) is 21.6 Å². The third kappa shape index (κ3) is 6.42. The summed E-state index contributed by atoms with van der Waals surface area (Å²) in [6, 6.07) is 7.76. The molecule has 2 saturated heterocycles. The Labute approximate surface area is 148 Å². The molecule has 0 aromatic heterocycles. The van der Waals surface area contributed by atoms with Crippen molar-refractivity contribution in [1.82, 2.24) is 9.80 Å². The third-order valence-corrected chi connectivity index (χ3v) is 5.69. The Morgan fingerprint density at radius 2 is 1.71 bits per heavy atom. The van der Waals surface area contributed by atoms with Gasteiger partial charge in [0.25, 0.3) is 6.47 Å². The summed E-state index contributed by atoms with van der Waals surface area (Å²) >= 11 is 2.09. The van der Waals surface area contributed by atoms with Crippen molar-refractivity contribution in [2.45, 2.75) is 25.3 Å². The maximum absolute atomic E-state index is 12.9. The van der Waals surface area contributed by atoms with E-state index in [1.165, 1.54) is 56.1 Å². The normalized spacial score (nSPS) is 20.2. The lowest BCUT2D eigenvalue weighted by Crippen LogP contribution is -2.48. The number of nitrogens with zero attached hydrogens (tertiary/aromatic N) is 2. The molecule has 2 heterocycles. The molecule has 0 radical (unpaired) electrons. The van der Waals surface area contributed by atoms with Gasteiger partial charge in [0, 0.05) is 37.2 Å². The second-order valence-corrected chi connectivity index (χ2v) is 7.43. The number of hydrogen-bond acceptors (Lipinski definition) is 4. The Morgan fingerprint density at radius 3 is 2.29 bits per heavy atom. The van der Waals surface area contributed by atoms with Gasteiger partial charge in [-0.05, 0) is 50.0 Å². The van der Waals surface area contributed by atoms with E-state index in [9.17, 15) is 4.39 Å². The van der Waals surface area contributed by atoms with E-state index in [1.807, 2.05) is 12.1 Å². The van der Waals surface area contributed by atoms with Gasteiger partial charge in [-0.15, -0.1) is 0 Å². The van der Waals surface area contributed by atoms with Crippen LogP contribution in [0.1, 0.15) is 18.4 Å². The second-order valence-electron chi connectivity index (χ2n) is 6.20. The molecule has 0 bridgehead atoms. The van der Waals surface area contributed by atoms with Crippen LogP contribution in [0.2, 0.25) is 0 Å². The molecule has 1 aromatic carbocycles. The van der Waals surface area contributed by atoms with Crippen molar-refractivity contribution in [3.63, 3.8) is 0 Å².